The number of H-pyrrole nitrogens is 1. The minimum atomic E-state index is -3.64. The van der Waals surface area contributed by atoms with Crippen molar-refractivity contribution in [2.24, 2.45) is 0 Å². The number of aryl methyl sites for hydroxylation is 2. The van der Waals surface area contributed by atoms with E-state index in [1.807, 2.05) is 6.92 Å². The summed E-state index contributed by atoms with van der Waals surface area (Å²) < 4.78 is 28.0. The number of nitrogens with zero attached hydrogens (tertiary/aromatic N) is 1. The minimum absolute atomic E-state index is 0.215. The lowest BCUT2D eigenvalue weighted by Crippen LogP contribution is -2.32. The SMILES string of the molecule is Cc1cc(Cl)ccc1NC(=O)c1[nH]c(C)c(S(=O)(=O)N2CCCCCC2)c1C. The van der Waals surface area contributed by atoms with Crippen molar-refractivity contribution in [1.82, 2.24) is 9.29 Å². The molecule has 28 heavy (non-hydrogen) atoms. The number of carbonyl (C=O) groups is 1. The Kier molecular flexibility index (Phi) is 6.17. The number of halogens is 1. The van der Waals surface area contributed by atoms with Crippen LogP contribution in [-0.4, -0.2) is 36.7 Å². The van der Waals surface area contributed by atoms with Crippen LogP contribution in [0.3, 0.4) is 0 Å². The van der Waals surface area contributed by atoms with Gasteiger partial charge in [-0.2, -0.15) is 4.31 Å². The number of carbonyl (C=O) groups excluding carboxylic acids is 1. The van der Waals surface area contributed by atoms with E-state index in [-0.39, 0.29) is 16.5 Å². The average Bonchev–Trinajstić information content (AvgIpc) is 2.80. The fourth-order valence-corrected chi connectivity index (χ4v) is 5.86. The first-order chi connectivity index (χ1) is 13.2. The second-order valence-corrected chi connectivity index (χ2v) is 9.62. The highest BCUT2D eigenvalue weighted by atomic mass is 35.5. The molecule has 1 aliphatic heterocycles. The fourth-order valence-electron chi connectivity index (χ4n) is 3.71. The summed E-state index contributed by atoms with van der Waals surface area (Å²) in [7, 11) is -3.64. The Morgan fingerprint density at radius 3 is 2.36 bits per heavy atom. The van der Waals surface area contributed by atoms with Gasteiger partial charge in [0.2, 0.25) is 10.0 Å². The highest BCUT2D eigenvalue weighted by molar-refractivity contribution is 7.89. The third-order valence-electron chi connectivity index (χ3n) is 5.20. The first-order valence-electron chi connectivity index (χ1n) is 9.48. The van der Waals surface area contributed by atoms with Gasteiger partial charge in [-0.25, -0.2) is 8.42 Å². The number of rotatable bonds is 4. The fraction of sp³-hybridized carbons (Fsp3) is 0.450. The molecular weight excluding hydrogens is 398 g/mol. The first-order valence-corrected chi connectivity index (χ1v) is 11.3. The molecule has 0 radical (unpaired) electrons. The van der Waals surface area contributed by atoms with E-state index in [9.17, 15) is 13.2 Å². The first kappa shape index (κ1) is 20.9. The quantitative estimate of drug-likeness (QED) is 0.764. The van der Waals surface area contributed by atoms with Gasteiger partial charge in [0, 0.05) is 29.5 Å². The summed E-state index contributed by atoms with van der Waals surface area (Å²) in [4.78, 5) is 16.0. The molecule has 0 bridgehead atoms. The van der Waals surface area contributed by atoms with Crippen molar-refractivity contribution in [2.75, 3.05) is 18.4 Å². The van der Waals surface area contributed by atoms with Crippen LogP contribution in [0.15, 0.2) is 23.1 Å². The number of benzene rings is 1. The summed E-state index contributed by atoms with van der Waals surface area (Å²) >= 11 is 5.97. The van der Waals surface area contributed by atoms with Gasteiger partial charge in [-0.05, 0) is 62.9 Å². The molecule has 0 aliphatic carbocycles. The van der Waals surface area contributed by atoms with Gasteiger partial charge in [0.05, 0.1) is 0 Å². The van der Waals surface area contributed by atoms with E-state index in [0.717, 1.165) is 31.2 Å². The van der Waals surface area contributed by atoms with Crippen LogP contribution in [0.25, 0.3) is 0 Å². The molecule has 1 fully saturated rings. The van der Waals surface area contributed by atoms with Crippen LogP contribution in [-0.2, 0) is 10.0 Å². The molecule has 1 aromatic heterocycles. The number of nitrogens with one attached hydrogen (secondary N) is 2. The molecule has 3 rings (SSSR count). The second kappa shape index (κ2) is 8.27. The predicted octanol–water partition coefficient (Wildman–Crippen LogP) is 4.41. The summed E-state index contributed by atoms with van der Waals surface area (Å²) in [5.41, 5.74) is 2.67. The predicted molar refractivity (Wildman–Crippen MR) is 112 cm³/mol. The normalized spacial score (nSPS) is 16.0. The molecule has 0 atom stereocenters. The van der Waals surface area contributed by atoms with E-state index in [1.165, 1.54) is 0 Å². The largest absolute Gasteiger partial charge is 0.353 e. The molecule has 0 unspecified atom stereocenters. The van der Waals surface area contributed by atoms with Gasteiger partial charge in [0.25, 0.3) is 5.91 Å². The molecule has 2 aromatic rings. The Hall–Kier alpha value is -1.83. The number of aromatic amines is 1. The van der Waals surface area contributed by atoms with E-state index in [4.69, 9.17) is 11.6 Å². The van der Waals surface area contributed by atoms with Crippen LogP contribution in [0, 0.1) is 20.8 Å². The summed E-state index contributed by atoms with van der Waals surface area (Å²) in [6, 6.07) is 5.20. The van der Waals surface area contributed by atoms with Crippen molar-refractivity contribution in [3.63, 3.8) is 0 Å². The van der Waals surface area contributed by atoms with Gasteiger partial charge in [-0.15, -0.1) is 0 Å². The third kappa shape index (κ3) is 4.11. The molecule has 1 aromatic carbocycles. The summed E-state index contributed by atoms with van der Waals surface area (Å²) in [5.74, 6) is -0.372. The van der Waals surface area contributed by atoms with E-state index in [0.29, 0.717) is 35.1 Å². The van der Waals surface area contributed by atoms with Crippen molar-refractivity contribution in [3.8, 4) is 0 Å². The number of aromatic nitrogens is 1. The molecule has 6 nitrogen and oxygen atoms in total. The van der Waals surface area contributed by atoms with Gasteiger partial charge in [-0.3, -0.25) is 4.79 Å². The number of anilines is 1. The monoisotopic (exact) mass is 423 g/mol. The molecule has 1 saturated heterocycles. The zero-order chi connectivity index (χ0) is 20.5. The maximum Gasteiger partial charge on any atom is 0.272 e. The Labute approximate surface area is 171 Å². The topological polar surface area (TPSA) is 82.3 Å². The summed E-state index contributed by atoms with van der Waals surface area (Å²) in [6.07, 6.45) is 3.83. The molecule has 152 valence electrons. The van der Waals surface area contributed by atoms with Crippen LogP contribution < -0.4 is 5.32 Å². The molecule has 8 heteroatoms. The smallest absolute Gasteiger partial charge is 0.272 e. The van der Waals surface area contributed by atoms with Crippen LogP contribution >= 0.6 is 11.6 Å². The molecule has 0 saturated carbocycles. The van der Waals surface area contributed by atoms with Crippen molar-refractivity contribution < 1.29 is 13.2 Å². The maximum atomic E-state index is 13.2. The van der Waals surface area contributed by atoms with Gasteiger partial charge in [-0.1, -0.05) is 24.4 Å². The molecule has 1 aliphatic rings. The number of sulfonamides is 1. The van der Waals surface area contributed by atoms with Gasteiger partial charge >= 0.3 is 0 Å². The molecule has 0 spiro atoms. The van der Waals surface area contributed by atoms with Crippen molar-refractivity contribution in [3.05, 3.63) is 45.7 Å². The Morgan fingerprint density at radius 2 is 1.75 bits per heavy atom. The number of amides is 1. The molecule has 2 heterocycles. The number of hydrogen-bond acceptors (Lipinski definition) is 3. The third-order valence-corrected chi connectivity index (χ3v) is 7.60. The lowest BCUT2D eigenvalue weighted by Gasteiger charge is -2.20. The lowest BCUT2D eigenvalue weighted by atomic mass is 10.2. The summed E-state index contributed by atoms with van der Waals surface area (Å²) in [5, 5.41) is 3.43. The van der Waals surface area contributed by atoms with E-state index in [2.05, 4.69) is 10.3 Å². The minimum Gasteiger partial charge on any atom is -0.353 e. The van der Waals surface area contributed by atoms with Gasteiger partial charge in [0.1, 0.15) is 10.6 Å². The van der Waals surface area contributed by atoms with E-state index < -0.39 is 10.0 Å². The van der Waals surface area contributed by atoms with E-state index in [1.54, 1.807) is 36.4 Å². The van der Waals surface area contributed by atoms with Crippen LogP contribution in [0.4, 0.5) is 5.69 Å². The average molecular weight is 424 g/mol. The molecule has 1 amide bonds. The Balaban J connectivity index is 1.91. The number of hydrogen-bond donors (Lipinski definition) is 2. The molecular formula is C20H26ClN3O3S. The standard InChI is InChI=1S/C20H26ClN3O3S/c1-13-12-16(21)8-9-17(13)23-20(25)18-14(2)19(15(3)22-18)28(26,27)24-10-6-4-5-7-11-24/h8-9,12,22H,4-7,10-11H2,1-3H3,(H,23,25). The van der Waals surface area contributed by atoms with Crippen molar-refractivity contribution in [1.29, 1.82) is 0 Å². The molecule has 2 N–H and O–H groups in total. The van der Waals surface area contributed by atoms with Crippen LogP contribution in [0.2, 0.25) is 5.02 Å². The van der Waals surface area contributed by atoms with Gasteiger partial charge < -0.3 is 10.3 Å². The summed E-state index contributed by atoms with van der Waals surface area (Å²) in [6.45, 7) is 6.28. The second-order valence-electron chi connectivity index (χ2n) is 7.31. The Morgan fingerprint density at radius 1 is 1.11 bits per heavy atom. The van der Waals surface area contributed by atoms with Crippen molar-refractivity contribution >= 4 is 33.2 Å². The Bertz CT molecular complexity index is 990. The van der Waals surface area contributed by atoms with Crippen molar-refractivity contribution in [2.45, 2.75) is 51.3 Å². The zero-order valence-electron chi connectivity index (χ0n) is 16.4. The maximum absolute atomic E-state index is 13.2. The van der Waals surface area contributed by atoms with Crippen LogP contribution in [0.1, 0.15) is 53.0 Å². The zero-order valence-corrected chi connectivity index (χ0v) is 18.0. The lowest BCUT2D eigenvalue weighted by molar-refractivity contribution is 0.102. The van der Waals surface area contributed by atoms with E-state index >= 15 is 0 Å². The van der Waals surface area contributed by atoms with Gasteiger partial charge in [0.15, 0.2) is 0 Å². The highest BCUT2D eigenvalue weighted by Crippen LogP contribution is 2.29. The highest BCUT2D eigenvalue weighted by Gasteiger charge is 2.32. The van der Waals surface area contributed by atoms with Crippen LogP contribution in [0.5, 0.6) is 0 Å².